The van der Waals surface area contributed by atoms with E-state index in [1.54, 1.807) is 19.3 Å². The average molecular weight is 268 g/mol. The van der Waals surface area contributed by atoms with Crippen LogP contribution in [0.3, 0.4) is 0 Å². The fourth-order valence-electron chi connectivity index (χ4n) is 1.79. The van der Waals surface area contributed by atoms with Crippen LogP contribution in [0.2, 0.25) is 0 Å². The molecule has 0 fully saturated rings. The number of benzene rings is 1. The van der Waals surface area contributed by atoms with Crippen molar-refractivity contribution in [2.45, 2.75) is 13.3 Å². The molecule has 4 heteroatoms. The Hall–Kier alpha value is -2.72. The van der Waals surface area contributed by atoms with Crippen LogP contribution < -0.4 is 9.47 Å². The Kier molecular flexibility index (Phi) is 5.87. The van der Waals surface area contributed by atoms with Gasteiger partial charge in [0.1, 0.15) is 17.7 Å². The van der Waals surface area contributed by atoms with Crippen LogP contribution in [0.15, 0.2) is 30.4 Å². The molecule has 4 nitrogen and oxygen atoms in total. The van der Waals surface area contributed by atoms with E-state index in [1.807, 2.05) is 25.1 Å². The Morgan fingerprint density at radius 2 is 2.05 bits per heavy atom. The molecule has 0 N–H and O–H groups in total. The molecule has 20 heavy (non-hydrogen) atoms. The highest BCUT2D eigenvalue weighted by atomic mass is 16.5. The van der Waals surface area contributed by atoms with Gasteiger partial charge in [0.2, 0.25) is 0 Å². The molecule has 0 bridgehead atoms. The monoisotopic (exact) mass is 268 g/mol. The molecule has 0 aliphatic rings. The summed E-state index contributed by atoms with van der Waals surface area (Å²) in [5.41, 5.74) is 1.67. The molecule has 0 atom stereocenters. The standard InChI is InChI=1S/C16H16N2O2/c1-4-6-14-8-12(7-13(10-17)11-18)9-15(19-3)16(14)20-5-2/h4,7-9H,1,5-6H2,2-3H3. The van der Waals surface area contributed by atoms with Gasteiger partial charge in [0.15, 0.2) is 11.5 Å². The van der Waals surface area contributed by atoms with Gasteiger partial charge in [-0.25, -0.2) is 0 Å². The molecule has 0 spiro atoms. The second-order valence-corrected chi connectivity index (χ2v) is 3.92. The first-order valence-corrected chi connectivity index (χ1v) is 6.16. The van der Waals surface area contributed by atoms with Crippen LogP contribution in [0.25, 0.3) is 6.08 Å². The maximum Gasteiger partial charge on any atom is 0.164 e. The fourth-order valence-corrected chi connectivity index (χ4v) is 1.79. The highest BCUT2D eigenvalue weighted by Gasteiger charge is 2.12. The molecule has 1 rings (SSSR count). The summed E-state index contributed by atoms with van der Waals surface area (Å²) in [5.74, 6) is 1.25. The fraction of sp³-hybridized carbons (Fsp3) is 0.250. The van der Waals surface area contributed by atoms with Crippen LogP contribution in [0.4, 0.5) is 0 Å². The number of rotatable bonds is 6. The van der Waals surface area contributed by atoms with E-state index in [1.165, 1.54) is 6.08 Å². The van der Waals surface area contributed by atoms with Crippen molar-refractivity contribution >= 4 is 6.08 Å². The van der Waals surface area contributed by atoms with Crippen molar-refractivity contribution in [3.63, 3.8) is 0 Å². The van der Waals surface area contributed by atoms with Gasteiger partial charge in [0.25, 0.3) is 0 Å². The maximum absolute atomic E-state index is 8.81. The smallest absolute Gasteiger partial charge is 0.164 e. The Morgan fingerprint density at radius 3 is 2.55 bits per heavy atom. The molecule has 0 aliphatic carbocycles. The first kappa shape index (κ1) is 15.3. The lowest BCUT2D eigenvalue weighted by Gasteiger charge is -2.14. The lowest BCUT2D eigenvalue weighted by atomic mass is 10.0. The summed E-state index contributed by atoms with van der Waals surface area (Å²) in [6.07, 6.45) is 3.90. The van der Waals surface area contributed by atoms with Gasteiger partial charge in [0, 0.05) is 5.56 Å². The molecule has 1 aromatic carbocycles. The van der Waals surface area contributed by atoms with Crippen LogP contribution in [0.1, 0.15) is 18.1 Å². The van der Waals surface area contributed by atoms with E-state index in [0.717, 1.165) is 11.1 Å². The first-order valence-electron chi connectivity index (χ1n) is 6.16. The number of nitriles is 2. The largest absolute Gasteiger partial charge is 0.493 e. The van der Waals surface area contributed by atoms with Crippen molar-refractivity contribution in [3.8, 4) is 23.6 Å². The normalized spacial score (nSPS) is 9.00. The van der Waals surface area contributed by atoms with Crippen LogP contribution >= 0.6 is 0 Å². The molecule has 0 radical (unpaired) electrons. The molecule has 0 saturated carbocycles. The summed E-state index contributed by atoms with van der Waals surface area (Å²) in [5, 5.41) is 17.6. The molecule has 0 heterocycles. The lowest BCUT2D eigenvalue weighted by molar-refractivity contribution is 0.308. The van der Waals surface area contributed by atoms with Crippen LogP contribution in [0.5, 0.6) is 11.5 Å². The third kappa shape index (κ3) is 3.63. The highest BCUT2D eigenvalue weighted by molar-refractivity contribution is 5.66. The summed E-state index contributed by atoms with van der Waals surface area (Å²) in [7, 11) is 1.55. The summed E-state index contributed by atoms with van der Waals surface area (Å²) in [6.45, 7) is 6.14. The molecular formula is C16H16N2O2. The Bertz CT molecular complexity index is 588. The number of nitrogens with zero attached hydrogens (tertiary/aromatic N) is 2. The van der Waals surface area contributed by atoms with Crippen LogP contribution in [-0.4, -0.2) is 13.7 Å². The summed E-state index contributed by atoms with van der Waals surface area (Å²) in [4.78, 5) is 0. The van der Waals surface area contributed by atoms with Gasteiger partial charge in [-0.1, -0.05) is 6.08 Å². The highest BCUT2D eigenvalue weighted by Crippen LogP contribution is 2.34. The van der Waals surface area contributed by atoms with E-state index in [2.05, 4.69) is 6.58 Å². The van der Waals surface area contributed by atoms with E-state index in [0.29, 0.717) is 24.5 Å². The number of ether oxygens (including phenoxy) is 2. The van der Waals surface area contributed by atoms with Gasteiger partial charge >= 0.3 is 0 Å². The summed E-state index contributed by atoms with van der Waals surface area (Å²) in [6, 6.07) is 7.28. The Balaban J connectivity index is 3.41. The summed E-state index contributed by atoms with van der Waals surface area (Å²) >= 11 is 0. The maximum atomic E-state index is 8.81. The Morgan fingerprint density at radius 1 is 1.35 bits per heavy atom. The molecular weight excluding hydrogens is 252 g/mol. The lowest BCUT2D eigenvalue weighted by Crippen LogP contribution is -2.00. The minimum atomic E-state index is 0.0424. The van der Waals surface area contributed by atoms with Crippen LogP contribution in [0, 0.1) is 22.7 Å². The molecule has 102 valence electrons. The van der Waals surface area contributed by atoms with E-state index < -0.39 is 0 Å². The van der Waals surface area contributed by atoms with Gasteiger partial charge in [-0.15, -0.1) is 6.58 Å². The number of methoxy groups -OCH3 is 1. The van der Waals surface area contributed by atoms with Gasteiger partial charge in [0.05, 0.1) is 13.7 Å². The third-order valence-corrected chi connectivity index (χ3v) is 2.58. The van der Waals surface area contributed by atoms with Crippen molar-refractivity contribution in [2.75, 3.05) is 13.7 Å². The number of allylic oxidation sites excluding steroid dienone is 2. The molecule has 0 aromatic heterocycles. The second kappa shape index (κ2) is 7.66. The predicted octanol–water partition coefficient (Wildman–Crippen LogP) is 3.25. The third-order valence-electron chi connectivity index (χ3n) is 2.58. The molecule has 1 aromatic rings. The molecule has 0 unspecified atom stereocenters. The van der Waals surface area contributed by atoms with Crippen molar-refractivity contribution in [1.29, 1.82) is 10.5 Å². The first-order chi connectivity index (χ1) is 9.69. The SMILES string of the molecule is C=CCc1cc(C=C(C#N)C#N)cc(OC)c1OCC. The second-order valence-electron chi connectivity index (χ2n) is 3.92. The predicted molar refractivity (Wildman–Crippen MR) is 77.3 cm³/mol. The van der Waals surface area contributed by atoms with Crippen molar-refractivity contribution in [3.05, 3.63) is 41.5 Å². The molecule has 0 amide bonds. The van der Waals surface area contributed by atoms with E-state index in [4.69, 9.17) is 20.0 Å². The minimum Gasteiger partial charge on any atom is -0.493 e. The zero-order chi connectivity index (χ0) is 15.0. The van der Waals surface area contributed by atoms with Gasteiger partial charge in [-0.3, -0.25) is 0 Å². The number of hydrogen-bond acceptors (Lipinski definition) is 4. The van der Waals surface area contributed by atoms with Gasteiger partial charge < -0.3 is 9.47 Å². The van der Waals surface area contributed by atoms with Crippen molar-refractivity contribution in [2.24, 2.45) is 0 Å². The Labute approximate surface area is 119 Å². The van der Waals surface area contributed by atoms with Crippen molar-refractivity contribution < 1.29 is 9.47 Å². The van der Waals surface area contributed by atoms with E-state index in [9.17, 15) is 0 Å². The zero-order valence-corrected chi connectivity index (χ0v) is 11.6. The topological polar surface area (TPSA) is 66.0 Å². The average Bonchev–Trinajstić information content (AvgIpc) is 2.47. The number of hydrogen-bond donors (Lipinski definition) is 0. The quantitative estimate of drug-likeness (QED) is 0.586. The van der Waals surface area contributed by atoms with E-state index in [-0.39, 0.29) is 5.57 Å². The zero-order valence-electron chi connectivity index (χ0n) is 11.6. The van der Waals surface area contributed by atoms with Gasteiger partial charge in [-0.2, -0.15) is 10.5 Å². The van der Waals surface area contributed by atoms with Gasteiger partial charge in [-0.05, 0) is 37.1 Å². The molecule has 0 aliphatic heterocycles. The molecule has 0 saturated heterocycles. The summed E-state index contributed by atoms with van der Waals surface area (Å²) < 4.78 is 10.9. The minimum absolute atomic E-state index is 0.0424. The van der Waals surface area contributed by atoms with Crippen molar-refractivity contribution in [1.82, 2.24) is 0 Å². The van der Waals surface area contributed by atoms with E-state index >= 15 is 0 Å². The van der Waals surface area contributed by atoms with Crippen LogP contribution in [-0.2, 0) is 6.42 Å².